The summed E-state index contributed by atoms with van der Waals surface area (Å²) in [6.45, 7) is 4.41. The SMILES string of the molecule is CC(O)(c1ccc(-c2ccc(CN3CCN(Cc4ccncc4)CC3C(=O)OCCN)cc2)cc1)C(F)(F)F. The molecule has 0 spiro atoms. The smallest absolute Gasteiger partial charge is 0.421 e. The van der Waals surface area contributed by atoms with Gasteiger partial charge in [0.2, 0.25) is 0 Å². The molecule has 7 nitrogen and oxygen atoms in total. The Morgan fingerprint density at radius 1 is 0.974 bits per heavy atom. The lowest BCUT2D eigenvalue weighted by Gasteiger charge is -2.40. The van der Waals surface area contributed by atoms with Crippen LogP contribution in [0.3, 0.4) is 0 Å². The predicted molar refractivity (Wildman–Crippen MR) is 141 cm³/mol. The van der Waals surface area contributed by atoms with Gasteiger partial charge in [0, 0.05) is 51.7 Å². The van der Waals surface area contributed by atoms with Crippen molar-refractivity contribution in [2.75, 3.05) is 32.8 Å². The first-order chi connectivity index (χ1) is 18.6. The second kappa shape index (κ2) is 12.3. The van der Waals surface area contributed by atoms with Gasteiger partial charge in [-0.15, -0.1) is 0 Å². The Morgan fingerprint density at radius 3 is 2.15 bits per heavy atom. The Hall–Kier alpha value is -3.31. The summed E-state index contributed by atoms with van der Waals surface area (Å²) in [4.78, 5) is 21.3. The van der Waals surface area contributed by atoms with E-state index in [9.17, 15) is 23.1 Å². The van der Waals surface area contributed by atoms with Crippen LogP contribution in [0.1, 0.15) is 23.6 Å². The van der Waals surface area contributed by atoms with Crippen molar-refractivity contribution in [2.24, 2.45) is 5.73 Å². The highest BCUT2D eigenvalue weighted by atomic mass is 19.4. The van der Waals surface area contributed by atoms with Gasteiger partial charge in [-0.1, -0.05) is 48.5 Å². The third-order valence-electron chi connectivity index (χ3n) is 7.04. The van der Waals surface area contributed by atoms with Crippen LogP contribution in [0.25, 0.3) is 11.1 Å². The second-order valence-electron chi connectivity index (χ2n) is 9.88. The summed E-state index contributed by atoms with van der Waals surface area (Å²) in [7, 11) is 0. The molecule has 4 rings (SSSR count). The number of piperazine rings is 1. The van der Waals surface area contributed by atoms with Gasteiger partial charge in [0.25, 0.3) is 0 Å². The normalized spacial score (nSPS) is 18.5. The summed E-state index contributed by atoms with van der Waals surface area (Å²) >= 11 is 0. The van der Waals surface area contributed by atoms with Crippen molar-refractivity contribution in [3.05, 3.63) is 89.7 Å². The molecule has 2 aromatic carbocycles. The molecule has 208 valence electrons. The van der Waals surface area contributed by atoms with Crippen molar-refractivity contribution >= 4 is 5.97 Å². The Morgan fingerprint density at radius 2 is 1.56 bits per heavy atom. The summed E-state index contributed by atoms with van der Waals surface area (Å²) in [6, 6.07) is 16.9. The number of benzene rings is 2. The summed E-state index contributed by atoms with van der Waals surface area (Å²) in [5, 5.41) is 9.90. The van der Waals surface area contributed by atoms with Crippen LogP contribution in [0.4, 0.5) is 13.2 Å². The molecule has 0 amide bonds. The molecule has 2 unspecified atom stereocenters. The van der Waals surface area contributed by atoms with Gasteiger partial charge in [0.15, 0.2) is 5.60 Å². The molecule has 3 N–H and O–H groups in total. The van der Waals surface area contributed by atoms with Crippen LogP contribution in [-0.4, -0.2) is 70.9 Å². The van der Waals surface area contributed by atoms with E-state index in [1.807, 2.05) is 36.4 Å². The topological polar surface area (TPSA) is 91.9 Å². The van der Waals surface area contributed by atoms with E-state index in [4.69, 9.17) is 10.5 Å². The van der Waals surface area contributed by atoms with E-state index in [0.717, 1.165) is 35.7 Å². The number of ether oxygens (including phenoxy) is 1. The molecule has 0 radical (unpaired) electrons. The van der Waals surface area contributed by atoms with E-state index in [-0.39, 0.29) is 24.7 Å². The van der Waals surface area contributed by atoms with Crippen molar-refractivity contribution in [1.82, 2.24) is 14.8 Å². The molecule has 3 aromatic rings. The zero-order chi connectivity index (χ0) is 28.0. The maximum absolute atomic E-state index is 13.1. The van der Waals surface area contributed by atoms with Crippen molar-refractivity contribution in [3.63, 3.8) is 0 Å². The molecular formula is C29H33F3N4O3. The largest absolute Gasteiger partial charge is 0.463 e. The number of hydrogen-bond donors (Lipinski definition) is 2. The summed E-state index contributed by atoms with van der Waals surface area (Å²) in [5.74, 6) is -0.300. The summed E-state index contributed by atoms with van der Waals surface area (Å²) < 4.78 is 44.8. The van der Waals surface area contributed by atoms with Crippen molar-refractivity contribution in [3.8, 4) is 11.1 Å². The predicted octanol–water partition coefficient (Wildman–Crippen LogP) is 3.71. The van der Waals surface area contributed by atoms with Crippen molar-refractivity contribution in [2.45, 2.75) is 37.8 Å². The number of hydrogen-bond acceptors (Lipinski definition) is 7. The second-order valence-corrected chi connectivity index (χ2v) is 9.88. The zero-order valence-corrected chi connectivity index (χ0v) is 21.8. The van der Waals surface area contributed by atoms with Crippen LogP contribution in [0.2, 0.25) is 0 Å². The van der Waals surface area contributed by atoms with Gasteiger partial charge in [-0.3, -0.25) is 19.6 Å². The molecule has 1 aromatic heterocycles. The summed E-state index contributed by atoms with van der Waals surface area (Å²) in [6.07, 6.45) is -1.26. The molecule has 1 saturated heterocycles. The van der Waals surface area contributed by atoms with Gasteiger partial charge in [0.1, 0.15) is 12.6 Å². The van der Waals surface area contributed by atoms with Gasteiger partial charge < -0.3 is 15.6 Å². The summed E-state index contributed by atoms with van der Waals surface area (Å²) in [5.41, 5.74) is 6.08. The number of pyridine rings is 1. The molecule has 0 bridgehead atoms. The number of nitrogens with two attached hydrogens (primary N) is 1. The lowest BCUT2D eigenvalue weighted by Crippen LogP contribution is -2.56. The minimum atomic E-state index is -4.77. The van der Waals surface area contributed by atoms with Gasteiger partial charge in [-0.25, -0.2) is 0 Å². The van der Waals surface area contributed by atoms with E-state index in [0.29, 0.717) is 26.2 Å². The van der Waals surface area contributed by atoms with Crippen LogP contribution in [-0.2, 0) is 28.2 Å². The molecular weight excluding hydrogens is 509 g/mol. The first kappa shape index (κ1) is 28.7. The third kappa shape index (κ3) is 7.02. The fraction of sp³-hybridized carbons (Fsp3) is 0.379. The Balaban J connectivity index is 1.44. The fourth-order valence-corrected chi connectivity index (χ4v) is 4.62. The molecule has 2 atom stereocenters. The highest BCUT2D eigenvalue weighted by Gasteiger charge is 2.51. The van der Waals surface area contributed by atoms with Gasteiger partial charge >= 0.3 is 12.1 Å². The van der Waals surface area contributed by atoms with E-state index in [1.165, 1.54) is 12.1 Å². The molecule has 0 saturated carbocycles. The monoisotopic (exact) mass is 542 g/mol. The lowest BCUT2D eigenvalue weighted by molar-refractivity contribution is -0.258. The van der Waals surface area contributed by atoms with Crippen LogP contribution < -0.4 is 5.73 Å². The highest BCUT2D eigenvalue weighted by Crippen LogP contribution is 2.39. The third-order valence-corrected chi connectivity index (χ3v) is 7.04. The van der Waals surface area contributed by atoms with Crippen LogP contribution in [0, 0.1) is 0 Å². The van der Waals surface area contributed by atoms with Crippen molar-refractivity contribution in [1.29, 1.82) is 0 Å². The van der Waals surface area contributed by atoms with Crippen LogP contribution in [0.15, 0.2) is 73.1 Å². The molecule has 1 fully saturated rings. The zero-order valence-electron chi connectivity index (χ0n) is 21.8. The minimum absolute atomic E-state index is 0.166. The molecule has 1 aliphatic rings. The quantitative estimate of drug-likeness (QED) is 0.399. The number of halogens is 3. The average molecular weight is 543 g/mol. The standard InChI is InChI=1S/C29H33F3N4O3/c1-28(38,29(30,31)32)25-8-6-24(7-9-25)23-4-2-21(3-5-23)19-36-16-15-35(18-22-10-13-34-14-11-22)20-26(36)27(37)39-17-12-33/h2-11,13-14,26,38H,12,15-20,33H2,1H3. The Kier molecular flexibility index (Phi) is 9.01. The number of esters is 1. The molecule has 39 heavy (non-hydrogen) atoms. The maximum atomic E-state index is 13.1. The first-order valence-electron chi connectivity index (χ1n) is 12.8. The highest BCUT2D eigenvalue weighted by molar-refractivity contribution is 5.76. The Labute approximate surface area is 226 Å². The van der Waals surface area contributed by atoms with Gasteiger partial charge in [0.05, 0.1) is 0 Å². The maximum Gasteiger partial charge on any atom is 0.421 e. The molecule has 1 aliphatic heterocycles. The lowest BCUT2D eigenvalue weighted by atomic mass is 9.93. The van der Waals surface area contributed by atoms with Crippen molar-refractivity contribution < 1.29 is 27.8 Å². The van der Waals surface area contributed by atoms with E-state index < -0.39 is 17.8 Å². The van der Waals surface area contributed by atoms with E-state index in [2.05, 4.69) is 14.8 Å². The van der Waals surface area contributed by atoms with Gasteiger partial charge in [-0.05, 0) is 46.9 Å². The number of carbonyl (C=O) groups is 1. The van der Waals surface area contributed by atoms with Crippen LogP contribution >= 0.6 is 0 Å². The number of aromatic nitrogens is 1. The van der Waals surface area contributed by atoms with Crippen LogP contribution in [0.5, 0.6) is 0 Å². The first-order valence-corrected chi connectivity index (χ1v) is 12.8. The molecule has 0 aliphatic carbocycles. The average Bonchev–Trinajstić information content (AvgIpc) is 2.93. The van der Waals surface area contributed by atoms with E-state index in [1.54, 1.807) is 24.5 Å². The number of alkyl halides is 3. The number of aliphatic hydroxyl groups is 1. The molecule has 10 heteroatoms. The van der Waals surface area contributed by atoms with E-state index >= 15 is 0 Å². The van der Waals surface area contributed by atoms with Gasteiger partial charge in [-0.2, -0.15) is 13.2 Å². The number of carbonyl (C=O) groups excluding carboxylic acids is 1. The Bertz CT molecular complexity index is 1220. The fourth-order valence-electron chi connectivity index (χ4n) is 4.62. The minimum Gasteiger partial charge on any atom is -0.463 e. The number of rotatable bonds is 9. The molecule has 2 heterocycles. The number of nitrogens with zero attached hydrogens (tertiary/aromatic N) is 3.